The summed E-state index contributed by atoms with van der Waals surface area (Å²) in [6.45, 7) is 3.60. The van der Waals surface area contributed by atoms with Crippen LogP contribution in [0.25, 0.3) is 0 Å². The fourth-order valence-electron chi connectivity index (χ4n) is 1.80. The zero-order chi connectivity index (χ0) is 17.0. The first-order valence-electron chi connectivity index (χ1n) is 7.04. The van der Waals surface area contributed by atoms with Gasteiger partial charge in [-0.1, -0.05) is 29.8 Å². The molecule has 2 N–H and O–H groups in total. The van der Waals surface area contributed by atoms with Crippen LogP contribution in [0.4, 0.5) is 15.8 Å². The molecule has 2 aromatic carbocycles. The maximum atomic E-state index is 13.7. The lowest BCUT2D eigenvalue weighted by molar-refractivity contribution is -0.118. The number of anilines is 2. The number of hydrogen-bond donors (Lipinski definition) is 2. The highest BCUT2D eigenvalue weighted by Gasteiger charge is 2.12. The van der Waals surface area contributed by atoms with Gasteiger partial charge in [0.05, 0.1) is 5.56 Å². The largest absolute Gasteiger partial charge is 0.326 e. The summed E-state index contributed by atoms with van der Waals surface area (Å²) in [5, 5.41) is 5.37. The molecule has 2 amide bonds. The first-order chi connectivity index (χ1) is 10.9. The van der Waals surface area contributed by atoms with E-state index in [-0.39, 0.29) is 17.4 Å². The molecular weight excluding hydrogens is 363 g/mol. The molecule has 0 atom stereocenters. The number of carbonyl (C=O) groups excluding carboxylic acids is 2. The summed E-state index contributed by atoms with van der Waals surface area (Å²) in [4.78, 5) is 23.7. The number of nitrogens with one attached hydrogen (secondary N) is 2. The summed E-state index contributed by atoms with van der Waals surface area (Å²) < 4.78 is 14.3. The summed E-state index contributed by atoms with van der Waals surface area (Å²) in [5.74, 6) is -1.33. The number of halogens is 2. The van der Waals surface area contributed by atoms with Crippen molar-refractivity contribution in [2.75, 3.05) is 10.6 Å². The first-order valence-corrected chi connectivity index (χ1v) is 7.83. The minimum Gasteiger partial charge on any atom is -0.326 e. The third kappa shape index (κ3) is 4.63. The number of hydrogen-bond acceptors (Lipinski definition) is 2. The molecule has 2 rings (SSSR count). The zero-order valence-electron chi connectivity index (χ0n) is 12.7. The molecule has 2 aromatic rings. The molecule has 0 aliphatic carbocycles. The van der Waals surface area contributed by atoms with Gasteiger partial charge in [-0.3, -0.25) is 9.59 Å². The molecule has 0 fully saturated rings. The van der Waals surface area contributed by atoms with Crippen LogP contribution in [0.3, 0.4) is 0 Å². The average molecular weight is 379 g/mol. The highest BCUT2D eigenvalue weighted by molar-refractivity contribution is 9.10. The lowest BCUT2D eigenvalue weighted by atomic mass is 10.2. The van der Waals surface area contributed by atoms with E-state index in [4.69, 9.17) is 0 Å². The molecule has 0 aliphatic rings. The van der Waals surface area contributed by atoms with Gasteiger partial charge in [0.25, 0.3) is 5.91 Å². The first kappa shape index (κ1) is 17.1. The zero-order valence-corrected chi connectivity index (χ0v) is 14.3. The van der Waals surface area contributed by atoms with Crippen molar-refractivity contribution in [2.24, 2.45) is 5.92 Å². The van der Waals surface area contributed by atoms with Crippen LogP contribution in [-0.4, -0.2) is 11.8 Å². The van der Waals surface area contributed by atoms with Crippen LogP contribution in [0.1, 0.15) is 24.2 Å². The monoisotopic (exact) mass is 378 g/mol. The minimum atomic E-state index is -0.599. The summed E-state index contributed by atoms with van der Waals surface area (Å²) in [5.41, 5.74) is 1.11. The molecule has 0 spiro atoms. The SMILES string of the molecule is CC(C)C(=O)Nc1ccc(NC(=O)c2ccc(Br)cc2F)cc1. The number of amides is 2. The van der Waals surface area contributed by atoms with E-state index in [1.807, 2.05) is 0 Å². The molecule has 0 aliphatic heterocycles. The van der Waals surface area contributed by atoms with Crippen LogP contribution in [-0.2, 0) is 4.79 Å². The molecule has 0 saturated heterocycles. The fourth-order valence-corrected chi connectivity index (χ4v) is 2.13. The predicted molar refractivity (Wildman–Crippen MR) is 92.0 cm³/mol. The Balaban J connectivity index is 2.06. The summed E-state index contributed by atoms with van der Waals surface area (Å²) in [6.07, 6.45) is 0. The van der Waals surface area contributed by atoms with E-state index in [1.54, 1.807) is 44.2 Å². The molecule has 4 nitrogen and oxygen atoms in total. The van der Waals surface area contributed by atoms with E-state index in [2.05, 4.69) is 26.6 Å². The Morgan fingerprint density at radius 2 is 1.57 bits per heavy atom. The third-order valence-corrected chi connectivity index (χ3v) is 3.60. The second-order valence-corrected chi connectivity index (χ2v) is 6.22. The van der Waals surface area contributed by atoms with E-state index < -0.39 is 11.7 Å². The van der Waals surface area contributed by atoms with E-state index in [0.29, 0.717) is 15.8 Å². The highest BCUT2D eigenvalue weighted by atomic mass is 79.9. The normalized spacial score (nSPS) is 10.5. The van der Waals surface area contributed by atoms with Crippen molar-refractivity contribution in [3.63, 3.8) is 0 Å². The smallest absolute Gasteiger partial charge is 0.258 e. The van der Waals surface area contributed by atoms with Gasteiger partial charge in [0.2, 0.25) is 5.91 Å². The number of rotatable bonds is 4. The van der Waals surface area contributed by atoms with Gasteiger partial charge in [-0.05, 0) is 42.5 Å². The van der Waals surface area contributed by atoms with Crippen molar-refractivity contribution >= 4 is 39.1 Å². The van der Waals surface area contributed by atoms with Crippen molar-refractivity contribution < 1.29 is 14.0 Å². The topological polar surface area (TPSA) is 58.2 Å². The lowest BCUT2D eigenvalue weighted by Gasteiger charge is -2.10. The van der Waals surface area contributed by atoms with E-state index in [9.17, 15) is 14.0 Å². The van der Waals surface area contributed by atoms with Crippen molar-refractivity contribution in [1.82, 2.24) is 0 Å². The lowest BCUT2D eigenvalue weighted by Crippen LogP contribution is -2.17. The summed E-state index contributed by atoms with van der Waals surface area (Å²) >= 11 is 3.14. The van der Waals surface area contributed by atoms with Gasteiger partial charge in [-0.15, -0.1) is 0 Å². The molecule has 0 unspecified atom stereocenters. The second kappa shape index (κ2) is 7.37. The van der Waals surface area contributed by atoms with Crippen LogP contribution in [0, 0.1) is 11.7 Å². The summed E-state index contributed by atoms with van der Waals surface area (Å²) in [6, 6.07) is 10.9. The van der Waals surface area contributed by atoms with Gasteiger partial charge in [-0.25, -0.2) is 4.39 Å². The Morgan fingerprint density at radius 1 is 1.00 bits per heavy atom. The number of benzene rings is 2. The Hall–Kier alpha value is -2.21. The molecule has 0 radical (unpaired) electrons. The molecule has 0 aromatic heterocycles. The standard InChI is InChI=1S/C17H16BrFN2O2/c1-10(2)16(22)20-12-4-6-13(7-5-12)21-17(23)14-8-3-11(18)9-15(14)19/h3-10H,1-2H3,(H,20,22)(H,21,23). The van der Waals surface area contributed by atoms with Crippen molar-refractivity contribution in [3.05, 3.63) is 58.3 Å². The maximum absolute atomic E-state index is 13.7. The Kier molecular flexibility index (Phi) is 5.50. The summed E-state index contributed by atoms with van der Waals surface area (Å²) in [7, 11) is 0. The molecule has 0 heterocycles. The van der Waals surface area contributed by atoms with Gasteiger partial charge in [0, 0.05) is 21.8 Å². The van der Waals surface area contributed by atoms with Crippen molar-refractivity contribution in [2.45, 2.75) is 13.8 Å². The maximum Gasteiger partial charge on any atom is 0.258 e. The van der Waals surface area contributed by atoms with Crippen LogP contribution < -0.4 is 10.6 Å². The van der Waals surface area contributed by atoms with Crippen molar-refractivity contribution in [3.8, 4) is 0 Å². The van der Waals surface area contributed by atoms with Crippen LogP contribution >= 0.6 is 15.9 Å². The van der Waals surface area contributed by atoms with Gasteiger partial charge in [0.1, 0.15) is 5.82 Å². The molecule has 6 heteroatoms. The Bertz CT molecular complexity index is 730. The van der Waals surface area contributed by atoms with Crippen LogP contribution in [0.2, 0.25) is 0 Å². The molecular formula is C17H16BrFN2O2. The average Bonchev–Trinajstić information content (AvgIpc) is 2.48. The van der Waals surface area contributed by atoms with E-state index >= 15 is 0 Å². The van der Waals surface area contributed by atoms with Gasteiger partial charge in [0.15, 0.2) is 0 Å². The van der Waals surface area contributed by atoms with E-state index in [1.165, 1.54) is 12.1 Å². The third-order valence-electron chi connectivity index (χ3n) is 3.11. The minimum absolute atomic E-state index is 0.0367. The quantitative estimate of drug-likeness (QED) is 0.826. The van der Waals surface area contributed by atoms with Crippen LogP contribution in [0.15, 0.2) is 46.9 Å². The second-order valence-electron chi connectivity index (χ2n) is 5.30. The molecule has 23 heavy (non-hydrogen) atoms. The molecule has 0 saturated carbocycles. The predicted octanol–water partition coefficient (Wildman–Crippen LogP) is 4.44. The van der Waals surface area contributed by atoms with Crippen LogP contribution in [0.5, 0.6) is 0 Å². The Labute approximate surface area is 142 Å². The van der Waals surface area contributed by atoms with Gasteiger partial charge in [-0.2, -0.15) is 0 Å². The fraction of sp³-hybridized carbons (Fsp3) is 0.176. The highest BCUT2D eigenvalue weighted by Crippen LogP contribution is 2.18. The van der Waals surface area contributed by atoms with Gasteiger partial charge < -0.3 is 10.6 Å². The molecule has 120 valence electrons. The van der Waals surface area contributed by atoms with E-state index in [0.717, 1.165) is 0 Å². The molecule has 0 bridgehead atoms. The Morgan fingerprint density at radius 3 is 2.09 bits per heavy atom. The van der Waals surface area contributed by atoms with Gasteiger partial charge >= 0.3 is 0 Å². The van der Waals surface area contributed by atoms with Crippen molar-refractivity contribution in [1.29, 1.82) is 0 Å². The number of carbonyl (C=O) groups is 2.